The second-order valence-corrected chi connectivity index (χ2v) is 6.72. The molecule has 1 fully saturated rings. The van der Waals surface area contributed by atoms with Crippen molar-refractivity contribution in [2.75, 3.05) is 36.8 Å². The van der Waals surface area contributed by atoms with Gasteiger partial charge in [-0.25, -0.2) is 9.97 Å². The predicted molar refractivity (Wildman–Crippen MR) is 105 cm³/mol. The zero-order valence-electron chi connectivity index (χ0n) is 15.3. The van der Waals surface area contributed by atoms with E-state index in [1.807, 2.05) is 32.1 Å². The molecule has 3 heterocycles. The van der Waals surface area contributed by atoms with Crippen molar-refractivity contribution in [1.29, 1.82) is 0 Å². The molecule has 6 heteroatoms. The molecule has 6 nitrogen and oxygen atoms in total. The third-order valence-electron chi connectivity index (χ3n) is 4.27. The van der Waals surface area contributed by atoms with E-state index in [-0.39, 0.29) is 11.6 Å². The molecule has 0 bridgehead atoms. The van der Waals surface area contributed by atoms with Crippen LogP contribution >= 0.6 is 0 Å². The molecule has 2 aromatic heterocycles. The number of hydrogen-bond donors (Lipinski definition) is 2. The third-order valence-corrected chi connectivity index (χ3v) is 4.27. The van der Waals surface area contributed by atoms with Gasteiger partial charge in [0.05, 0.1) is 5.56 Å². The van der Waals surface area contributed by atoms with Gasteiger partial charge in [0.2, 0.25) is 5.78 Å². The number of carbonyl (C=O) groups excluding carboxylic acids is 1. The van der Waals surface area contributed by atoms with Gasteiger partial charge in [-0.3, -0.25) is 4.79 Å². The highest BCUT2D eigenvalue weighted by Crippen LogP contribution is 2.19. The van der Waals surface area contributed by atoms with Crippen LogP contribution in [0.1, 0.15) is 41.9 Å². The topological polar surface area (TPSA) is 84.1 Å². The maximum Gasteiger partial charge on any atom is 0.215 e. The molecule has 2 aromatic rings. The van der Waals surface area contributed by atoms with Crippen LogP contribution in [0.15, 0.2) is 36.0 Å². The van der Waals surface area contributed by atoms with Crippen LogP contribution in [0, 0.1) is 0 Å². The molecular formula is C20H25N5O. The average Bonchev–Trinajstić information content (AvgIpc) is 2.92. The van der Waals surface area contributed by atoms with Crippen LogP contribution in [0.5, 0.6) is 0 Å². The van der Waals surface area contributed by atoms with Gasteiger partial charge >= 0.3 is 0 Å². The Morgan fingerprint density at radius 2 is 2.12 bits per heavy atom. The summed E-state index contributed by atoms with van der Waals surface area (Å²) in [6.45, 7) is 7.73. The molecule has 0 saturated carbocycles. The summed E-state index contributed by atoms with van der Waals surface area (Å²) in [5.74, 6) is 0.854. The normalized spacial score (nSPS) is 14.6. The molecule has 136 valence electrons. The molecule has 3 rings (SSSR count). The van der Waals surface area contributed by atoms with Gasteiger partial charge in [-0.05, 0) is 50.6 Å². The Bertz CT molecular complexity index is 819. The number of carbonyl (C=O) groups is 1. The van der Waals surface area contributed by atoms with E-state index in [1.165, 1.54) is 0 Å². The van der Waals surface area contributed by atoms with E-state index in [2.05, 4.69) is 20.2 Å². The minimum absolute atomic E-state index is 0.200. The van der Waals surface area contributed by atoms with Crippen LogP contribution < -0.4 is 16.0 Å². The summed E-state index contributed by atoms with van der Waals surface area (Å²) in [4.78, 5) is 23.9. The molecule has 0 aliphatic carbocycles. The van der Waals surface area contributed by atoms with Crippen LogP contribution in [0.2, 0.25) is 0 Å². The number of allylic oxidation sites excluding steroid dienone is 1. The number of hydrogen-bond acceptors (Lipinski definition) is 6. The Morgan fingerprint density at radius 1 is 1.27 bits per heavy atom. The number of nitrogens with zero attached hydrogens (tertiary/aromatic N) is 3. The molecule has 1 aliphatic rings. The summed E-state index contributed by atoms with van der Waals surface area (Å²) >= 11 is 0. The Balaban J connectivity index is 1.90. The number of nitrogens with two attached hydrogens (primary N) is 1. The van der Waals surface area contributed by atoms with Gasteiger partial charge in [0, 0.05) is 25.8 Å². The predicted octanol–water partition coefficient (Wildman–Crippen LogP) is 2.51. The monoisotopic (exact) mass is 351 g/mol. The molecule has 0 unspecified atom stereocenters. The Labute approximate surface area is 154 Å². The van der Waals surface area contributed by atoms with E-state index in [0.717, 1.165) is 49.6 Å². The van der Waals surface area contributed by atoms with Crippen molar-refractivity contribution >= 4 is 23.5 Å². The van der Waals surface area contributed by atoms with Crippen molar-refractivity contribution in [2.24, 2.45) is 0 Å². The first-order chi connectivity index (χ1) is 12.5. The Kier molecular flexibility index (Phi) is 5.63. The lowest BCUT2D eigenvalue weighted by atomic mass is 10.1. The van der Waals surface area contributed by atoms with Gasteiger partial charge in [0.1, 0.15) is 17.3 Å². The van der Waals surface area contributed by atoms with Crippen LogP contribution in [-0.4, -0.2) is 41.9 Å². The molecule has 3 N–H and O–H groups in total. The second-order valence-electron chi connectivity index (χ2n) is 6.72. The highest BCUT2D eigenvalue weighted by Gasteiger charge is 2.18. The highest BCUT2D eigenvalue weighted by atomic mass is 16.1. The van der Waals surface area contributed by atoms with Gasteiger partial charge in [0.25, 0.3) is 0 Å². The summed E-state index contributed by atoms with van der Waals surface area (Å²) in [6.07, 6.45) is 4.70. The zero-order valence-corrected chi connectivity index (χ0v) is 15.3. The molecule has 26 heavy (non-hydrogen) atoms. The average molecular weight is 351 g/mol. The number of rotatable bonds is 4. The first-order valence-corrected chi connectivity index (χ1v) is 8.92. The fourth-order valence-corrected chi connectivity index (χ4v) is 3.02. The molecule has 0 amide bonds. The Morgan fingerprint density at radius 3 is 2.92 bits per heavy atom. The number of anilines is 2. The number of ketones is 1. The SMILES string of the molecule is CC(C)=Cc1cnc(N)c(C(=O)c2cccc(N3CCCNCC3)n2)c1. The van der Waals surface area contributed by atoms with E-state index < -0.39 is 0 Å². The summed E-state index contributed by atoms with van der Waals surface area (Å²) in [5.41, 5.74) is 8.73. The molecule has 1 aliphatic heterocycles. The van der Waals surface area contributed by atoms with Crippen molar-refractivity contribution < 1.29 is 4.79 Å². The Hall–Kier alpha value is -2.73. The van der Waals surface area contributed by atoms with E-state index in [9.17, 15) is 4.79 Å². The maximum absolute atomic E-state index is 13.0. The molecule has 0 atom stereocenters. The first kappa shape index (κ1) is 18.1. The number of aromatic nitrogens is 2. The lowest BCUT2D eigenvalue weighted by molar-refractivity contribution is 0.103. The second kappa shape index (κ2) is 8.10. The minimum atomic E-state index is -0.200. The summed E-state index contributed by atoms with van der Waals surface area (Å²) in [6, 6.07) is 7.33. The molecule has 0 spiro atoms. The van der Waals surface area contributed by atoms with Crippen LogP contribution in [0.4, 0.5) is 11.6 Å². The fourth-order valence-electron chi connectivity index (χ4n) is 3.02. The quantitative estimate of drug-likeness (QED) is 0.824. The highest BCUT2D eigenvalue weighted by molar-refractivity contribution is 6.10. The fraction of sp³-hybridized carbons (Fsp3) is 0.350. The standard InChI is InChI=1S/C20H25N5O/c1-14(2)11-15-12-16(20(21)23-13-15)19(26)17-5-3-6-18(24-17)25-9-4-7-22-8-10-25/h3,5-6,11-13,22H,4,7-10H2,1-2H3,(H2,21,23). The zero-order chi connectivity index (χ0) is 18.5. The van der Waals surface area contributed by atoms with Crippen molar-refractivity contribution in [3.05, 3.63) is 52.9 Å². The smallest absolute Gasteiger partial charge is 0.215 e. The molecule has 0 aromatic carbocycles. The third kappa shape index (κ3) is 4.26. The maximum atomic E-state index is 13.0. The first-order valence-electron chi connectivity index (χ1n) is 8.92. The van der Waals surface area contributed by atoms with E-state index >= 15 is 0 Å². The lowest BCUT2D eigenvalue weighted by Crippen LogP contribution is -2.29. The van der Waals surface area contributed by atoms with Crippen LogP contribution in [0.25, 0.3) is 6.08 Å². The lowest BCUT2D eigenvalue weighted by Gasteiger charge is -2.21. The summed E-state index contributed by atoms with van der Waals surface area (Å²) in [5, 5.41) is 3.37. The van der Waals surface area contributed by atoms with E-state index in [4.69, 9.17) is 5.73 Å². The van der Waals surface area contributed by atoms with Crippen LogP contribution in [-0.2, 0) is 0 Å². The number of nitrogens with one attached hydrogen (secondary N) is 1. The van der Waals surface area contributed by atoms with Gasteiger partial charge in [0.15, 0.2) is 0 Å². The van der Waals surface area contributed by atoms with Crippen molar-refractivity contribution in [3.8, 4) is 0 Å². The van der Waals surface area contributed by atoms with Crippen molar-refractivity contribution in [3.63, 3.8) is 0 Å². The number of pyridine rings is 2. The number of nitrogen functional groups attached to an aromatic ring is 1. The summed E-state index contributed by atoms with van der Waals surface area (Å²) in [7, 11) is 0. The largest absolute Gasteiger partial charge is 0.383 e. The molecular weight excluding hydrogens is 326 g/mol. The van der Waals surface area contributed by atoms with Gasteiger partial charge in [-0.15, -0.1) is 0 Å². The van der Waals surface area contributed by atoms with Gasteiger partial charge in [-0.2, -0.15) is 0 Å². The van der Waals surface area contributed by atoms with Crippen LogP contribution in [0.3, 0.4) is 0 Å². The minimum Gasteiger partial charge on any atom is -0.383 e. The molecule has 1 saturated heterocycles. The van der Waals surface area contributed by atoms with E-state index in [1.54, 1.807) is 18.3 Å². The summed E-state index contributed by atoms with van der Waals surface area (Å²) < 4.78 is 0. The van der Waals surface area contributed by atoms with Gasteiger partial charge in [-0.1, -0.05) is 17.7 Å². The van der Waals surface area contributed by atoms with Crippen molar-refractivity contribution in [2.45, 2.75) is 20.3 Å². The molecule has 0 radical (unpaired) electrons. The van der Waals surface area contributed by atoms with Crippen molar-refractivity contribution in [1.82, 2.24) is 15.3 Å². The van der Waals surface area contributed by atoms with E-state index in [0.29, 0.717) is 11.3 Å². The van der Waals surface area contributed by atoms with Gasteiger partial charge < -0.3 is 16.0 Å².